The Bertz CT molecular complexity index is 737. The van der Waals surface area contributed by atoms with E-state index in [4.69, 9.17) is 4.42 Å². The summed E-state index contributed by atoms with van der Waals surface area (Å²) in [5.41, 5.74) is 2.70. The Morgan fingerprint density at radius 1 is 1.12 bits per heavy atom. The van der Waals surface area contributed by atoms with Gasteiger partial charge in [-0.05, 0) is 38.8 Å². The average Bonchev–Trinajstić information content (AvgIpc) is 2.91. The van der Waals surface area contributed by atoms with Crippen molar-refractivity contribution in [2.24, 2.45) is 0 Å². The second kappa shape index (κ2) is 9.01. The van der Waals surface area contributed by atoms with Crippen molar-refractivity contribution < 1.29 is 14.0 Å². The predicted molar refractivity (Wildman–Crippen MR) is 96.0 cm³/mol. The minimum Gasteiger partial charge on any atom is -0.441 e. The van der Waals surface area contributed by atoms with Crippen LogP contribution in [-0.2, 0) is 16.0 Å². The summed E-state index contributed by atoms with van der Waals surface area (Å²) in [4.78, 5) is 27.3. The van der Waals surface area contributed by atoms with E-state index in [0.717, 1.165) is 24.0 Å². The van der Waals surface area contributed by atoms with E-state index in [2.05, 4.69) is 15.6 Å². The lowest BCUT2D eigenvalue weighted by Crippen LogP contribution is -2.27. The Morgan fingerprint density at radius 3 is 2.52 bits per heavy atom. The first-order valence-corrected chi connectivity index (χ1v) is 8.50. The van der Waals surface area contributed by atoms with Crippen LogP contribution in [0.15, 0.2) is 28.7 Å². The number of nitrogens with one attached hydrogen (secondary N) is 2. The minimum atomic E-state index is -0.0771. The molecule has 2 rings (SSSR count). The van der Waals surface area contributed by atoms with Crippen LogP contribution in [0, 0.1) is 13.8 Å². The molecule has 0 saturated heterocycles. The van der Waals surface area contributed by atoms with Crippen molar-refractivity contribution in [1.29, 1.82) is 0 Å². The van der Waals surface area contributed by atoms with Crippen LogP contribution in [0.25, 0.3) is 11.5 Å². The molecule has 0 saturated carbocycles. The van der Waals surface area contributed by atoms with Crippen LogP contribution in [0.1, 0.15) is 36.8 Å². The SMILES string of the molecule is CC(=O)NCCCCNC(=O)Cc1nc(-c2cccc(C)c2)oc1C. The standard InChI is InChI=1S/C19H25N3O3/c1-13-7-6-8-16(11-13)19-22-17(14(2)25-19)12-18(24)21-10-5-4-9-20-15(3)23/h6-8,11H,4-5,9-10,12H2,1-3H3,(H,20,23)(H,21,24). The Morgan fingerprint density at radius 2 is 1.84 bits per heavy atom. The molecule has 1 heterocycles. The van der Waals surface area contributed by atoms with Crippen LogP contribution < -0.4 is 10.6 Å². The number of hydrogen-bond donors (Lipinski definition) is 2. The van der Waals surface area contributed by atoms with Crippen LogP contribution in [0.2, 0.25) is 0 Å². The first kappa shape index (κ1) is 18.7. The summed E-state index contributed by atoms with van der Waals surface area (Å²) >= 11 is 0. The van der Waals surface area contributed by atoms with Gasteiger partial charge in [0.1, 0.15) is 5.76 Å². The molecule has 0 bridgehead atoms. The summed E-state index contributed by atoms with van der Waals surface area (Å²) in [5.74, 6) is 1.10. The minimum absolute atomic E-state index is 0.0324. The van der Waals surface area contributed by atoms with Gasteiger partial charge in [-0.2, -0.15) is 0 Å². The molecule has 0 radical (unpaired) electrons. The lowest BCUT2D eigenvalue weighted by Gasteiger charge is -2.04. The summed E-state index contributed by atoms with van der Waals surface area (Å²) in [6.45, 7) is 6.54. The number of carbonyl (C=O) groups is 2. The number of nitrogens with zero attached hydrogens (tertiary/aromatic N) is 1. The first-order valence-electron chi connectivity index (χ1n) is 8.50. The van der Waals surface area contributed by atoms with Gasteiger partial charge in [0, 0.05) is 25.6 Å². The first-order chi connectivity index (χ1) is 12.0. The van der Waals surface area contributed by atoms with Gasteiger partial charge in [-0.15, -0.1) is 0 Å². The van der Waals surface area contributed by atoms with Gasteiger partial charge in [-0.3, -0.25) is 9.59 Å². The normalized spacial score (nSPS) is 10.5. The van der Waals surface area contributed by atoms with Crippen molar-refractivity contribution in [3.05, 3.63) is 41.3 Å². The van der Waals surface area contributed by atoms with Gasteiger partial charge in [0.25, 0.3) is 0 Å². The van der Waals surface area contributed by atoms with Gasteiger partial charge in [0.05, 0.1) is 12.1 Å². The summed E-state index contributed by atoms with van der Waals surface area (Å²) in [6, 6.07) is 7.92. The fourth-order valence-corrected chi connectivity index (χ4v) is 2.45. The van der Waals surface area contributed by atoms with Crippen LogP contribution >= 0.6 is 0 Å². The molecule has 0 atom stereocenters. The van der Waals surface area contributed by atoms with E-state index in [0.29, 0.717) is 30.4 Å². The lowest BCUT2D eigenvalue weighted by atomic mass is 10.1. The number of carbonyl (C=O) groups excluding carboxylic acids is 2. The molecule has 0 aliphatic rings. The number of aromatic nitrogens is 1. The Balaban J connectivity index is 1.82. The topological polar surface area (TPSA) is 84.2 Å². The van der Waals surface area contributed by atoms with E-state index in [-0.39, 0.29) is 18.2 Å². The molecular weight excluding hydrogens is 318 g/mol. The highest BCUT2D eigenvalue weighted by Crippen LogP contribution is 2.22. The Hall–Kier alpha value is -2.63. The van der Waals surface area contributed by atoms with Gasteiger partial charge in [-0.25, -0.2) is 4.98 Å². The second-order valence-electron chi connectivity index (χ2n) is 6.11. The third kappa shape index (κ3) is 6.06. The highest BCUT2D eigenvalue weighted by molar-refractivity contribution is 5.78. The van der Waals surface area contributed by atoms with Crippen molar-refractivity contribution in [3.8, 4) is 11.5 Å². The summed E-state index contributed by atoms with van der Waals surface area (Å²) in [5, 5.41) is 5.60. The molecule has 2 N–H and O–H groups in total. The molecule has 6 nitrogen and oxygen atoms in total. The van der Waals surface area contributed by atoms with E-state index in [1.165, 1.54) is 6.92 Å². The molecule has 1 aromatic carbocycles. The molecule has 0 spiro atoms. The third-order valence-corrected chi connectivity index (χ3v) is 3.79. The number of benzene rings is 1. The van der Waals surface area contributed by atoms with Gasteiger partial charge in [0.15, 0.2) is 0 Å². The molecule has 2 aromatic rings. The van der Waals surface area contributed by atoms with Gasteiger partial charge >= 0.3 is 0 Å². The average molecular weight is 343 g/mol. The molecular formula is C19H25N3O3. The lowest BCUT2D eigenvalue weighted by molar-refractivity contribution is -0.121. The van der Waals surface area contributed by atoms with Gasteiger partial charge < -0.3 is 15.1 Å². The maximum absolute atomic E-state index is 12.0. The van der Waals surface area contributed by atoms with Gasteiger partial charge in [0.2, 0.25) is 17.7 Å². The van der Waals surface area contributed by atoms with Crippen molar-refractivity contribution >= 4 is 11.8 Å². The van der Waals surface area contributed by atoms with E-state index >= 15 is 0 Å². The number of unbranched alkanes of at least 4 members (excludes halogenated alkanes) is 1. The second-order valence-corrected chi connectivity index (χ2v) is 6.11. The van der Waals surface area contributed by atoms with E-state index in [9.17, 15) is 9.59 Å². The van der Waals surface area contributed by atoms with Gasteiger partial charge in [-0.1, -0.05) is 17.7 Å². The molecule has 0 fully saturated rings. The molecule has 1 aromatic heterocycles. The van der Waals surface area contributed by atoms with Crippen molar-refractivity contribution in [2.45, 2.75) is 40.0 Å². The Labute approximate surface area is 148 Å². The largest absolute Gasteiger partial charge is 0.441 e. The molecule has 25 heavy (non-hydrogen) atoms. The molecule has 0 unspecified atom stereocenters. The highest BCUT2D eigenvalue weighted by atomic mass is 16.4. The van der Waals surface area contributed by atoms with E-state index in [1.54, 1.807) is 0 Å². The van der Waals surface area contributed by atoms with Crippen LogP contribution in [-0.4, -0.2) is 29.9 Å². The molecule has 134 valence electrons. The zero-order valence-electron chi connectivity index (χ0n) is 15.0. The Kier molecular flexibility index (Phi) is 6.74. The van der Waals surface area contributed by atoms with Crippen LogP contribution in [0.5, 0.6) is 0 Å². The van der Waals surface area contributed by atoms with E-state index in [1.807, 2.05) is 38.1 Å². The quantitative estimate of drug-likeness (QED) is 0.722. The maximum Gasteiger partial charge on any atom is 0.226 e. The van der Waals surface area contributed by atoms with Crippen LogP contribution in [0.3, 0.4) is 0 Å². The zero-order valence-corrected chi connectivity index (χ0v) is 15.0. The number of aryl methyl sites for hydroxylation is 2. The van der Waals surface area contributed by atoms with Crippen molar-refractivity contribution in [2.75, 3.05) is 13.1 Å². The van der Waals surface area contributed by atoms with Crippen molar-refractivity contribution in [3.63, 3.8) is 0 Å². The number of amides is 2. The summed E-state index contributed by atoms with van der Waals surface area (Å²) in [7, 11) is 0. The highest BCUT2D eigenvalue weighted by Gasteiger charge is 2.14. The fraction of sp³-hybridized carbons (Fsp3) is 0.421. The summed E-state index contributed by atoms with van der Waals surface area (Å²) in [6.07, 6.45) is 1.85. The predicted octanol–water partition coefficient (Wildman–Crippen LogP) is 2.53. The smallest absolute Gasteiger partial charge is 0.226 e. The molecule has 6 heteroatoms. The number of hydrogen-bond acceptors (Lipinski definition) is 4. The number of rotatable bonds is 8. The molecule has 0 aliphatic carbocycles. The third-order valence-electron chi connectivity index (χ3n) is 3.79. The molecule has 2 amide bonds. The monoisotopic (exact) mass is 343 g/mol. The zero-order chi connectivity index (χ0) is 18.2. The fourth-order valence-electron chi connectivity index (χ4n) is 2.45. The maximum atomic E-state index is 12.0. The summed E-state index contributed by atoms with van der Waals surface area (Å²) < 4.78 is 5.71. The van der Waals surface area contributed by atoms with Crippen molar-refractivity contribution in [1.82, 2.24) is 15.6 Å². The van der Waals surface area contributed by atoms with Crippen LogP contribution in [0.4, 0.5) is 0 Å². The number of oxazole rings is 1. The molecule has 0 aliphatic heterocycles. The van der Waals surface area contributed by atoms with E-state index < -0.39 is 0 Å².